The van der Waals surface area contributed by atoms with Gasteiger partial charge in [-0.25, -0.2) is 0 Å². The van der Waals surface area contributed by atoms with Crippen LogP contribution >= 0.6 is 0 Å². The average Bonchev–Trinajstić information content (AvgIpc) is 1.83. The quantitative estimate of drug-likeness (QED) is 0.595. The molecule has 1 nitrogen and oxygen atoms in total. The zero-order valence-corrected chi connectivity index (χ0v) is 5.78. The fraction of sp³-hybridized carbons (Fsp3) is 0.714. The van der Waals surface area contributed by atoms with Crippen molar-refractivity contribution in [2.24, 2.45) is 5.73 Å². The van der Waals surface area contributed by atoms with Crippen LogP contribution in [-0.4, -0.2) is 0 Å². The molecule has 0 bridgehead atoms. The molecule has 0 unspecified atom stereocenters. The summed E-state index contributed by atoms with van der Waals surface area (Å²) in [4.78, 5) is 0. The van der Waals surface area contributed by atoms with Crippen molar-refractivity contribution in [2.45, 2.75) is 33.1 Å². The fourth-order valence-electron chi connectivity index (χ4n) is 0.474. The standard InChI is InChI=1S/C7H15N/c1-3-5-6-7(8)4-2/h6H,3-5,8H2,1-2H3/b7-6+. The topological polar surface area (TPSA) is 26.0 Å². The summed E-state index contributed by atoms with van der Waals surface area (Å²) in [6, 6.07) is 0. The van der Waals surface area contributed by atoms with E-state index >= 15 is 0 Å². The summed E-state index contributed by atoms with van der Waals surface area (Å²) in [6.45, 7) is 4.22. The van der Waals surface area contributed by atoms with Crippen LogP contribution in [0.3, 0.4) is 0 Å². The molecular weight excluding hydrogens is 98.1 g/mol. The molecule has 0 aliphatic rings. The Morgan fingerprint density at radius 3 is 2.50 bits per heavy atom. The van der Waals surface area contributed by atoms with Crippen LogP contribution in [0.5, 0.6) is 0 Å². The Bertz CT molecular complexity index is 74.5. The van der Waals surface area contributed by atoms with E-state index in [1.54, 1.807) is 0 Å². The molecule has 2 N–H and O–H groups in total. The minimum absolute atomic E-state index is 0.986. The molecule has 1 heteroatoms. The molecule has 0 atom stereocenters. The van der Waals surface area contributed by atoms with Gasteiger partial charge in [0, 0.05) is 5.70 Å². The van der Waals surface area contributed by atoms with E-state index in [1.165, 1.54) is 6.42 Å². The van der Waals surface area contributed by atoms with Crippen molar-refractivity contribution in [1.82, 2.24) is 0 Å². The Labute approximate surface area is 51.6 Å². The second kappa shape index (κ2) is 4.69. The van der Waals surface area contributed by atoms with E-state index in [2.05, 4.69) is 19.9 Å². The van der Waals surface area contributed by atoms with E-state index in [0.717, 1.165) is 18.5 Å². The zero-order chi connectivity index (χ0) is 6.41. The van der Waals surface area contributed by atoms with Gasteiger partial charge >= 0.3 is 0 Å². The number of hydrogen-bond donors (Lipinski definition) is 1. The number of hydrogen-bond acceptors (Lipinski definition) is 1. The Morgan fingerprint density at radius 1 is 1.50 bits per heavy atom. The highest BCUT2D eigenvalue weighted by Crippen LogP contribution is 1.95. The zero-order valence-electron chi connectivity index (χ0n) is 5.78. The third kappa shape index (κ3) is 3.72. The maximum atomic E-state index is 5.52. The maximum Gasteiger partial charge on any atom is 0.00371 e. The van der Waals surface area contributed by atoms with Crippen LogP contribution in [0.15, 0.2) is 11.8 Å². The molecule has 0 radical (unpaired) electrons. The summed E-state index contributed by atoms with van der Waals surface area (Å²) in [6.07, 6.45) is 5.40. The molecule has 0 rings (SSSR count). The van der Waals surface area contributed by atoms with E-state index in [-0.39, 0.29) is 0 Å². The van der Waals surface area contributed by atoms with Gasteiger partial charge < -0.3 is 5.73 Å². The van der Waals surface area contributed by atoms with Crippen LogP contribution in [0.2, 0.25) is 0 Å². The normalized spacial score (nSPS) is 12.0. The van der Waals surface area contributed by atoms with Gasteiger partial charge in [0.25, 0.3) is 0 Å². The van der Waals surface area contributed by atoms with Crippen LogP contribution in [0, 0.1) is 0 Å². The van der Waals surface area contributed by atoms with Gasteiger partial charge in [-0.15, -0.1) is 0 Å². The molecule has 0 heterocycles. The summed E-state index contributed by atoms with van der Waals surface area (Å²) in [5.74, 6) is 0. The van der Waals surface area contributed by atoms with E-state index in [0.29, 0.717) is 0 Å². The van der Waals surface area contributed by atoms with E-state index in [1.807, 2.05) is 0 Å². The number of rotatable bonds is 3. The molecule has 0 spiro atoms. The number of nitrogens with two attached hydrogens (primary N) is 1. The second-order valence-corrected chi connectivity index (χ2v) is 1.92. The van der Waals surface area contributed by atoms with Crippen molar-refractivity contribution in [1.29, 1.82) is 0 Å². The average molecular weight is 113 g/mol. The monoisotopic (exact) mass is 113 g/mol. The lowest BCUT2D eigenvalue weighted by atomic mass is 10.2. The third-order valence-electron chi connectivity index (χ3n) is 1.10. The van der Waals surface area contributed by atoms with Crippen molar-refractivity contribution in [3.63, 3.8) is 0 Å². The lowest BCUT2D eigenvalue weighted by Gasteiger charge is -1.91. The van der Waals surface area contributed by atoms with Gasteiger partial charge in [-0.05, 0) is 12.8 Å². The van der Waals surface area contributed by atoms with Crippen LogP contribution in [-0.2, 0) is 0 Å². The van der Waals surface area contributed by atoms with E-state index in [4.69, 9.17) is 5.73 Å². The molecule has 48 valence electrons. The lowest BCUT2D eigenvalue weighted by molar-refractivity contribution is 0.927. The van der Waals surface area contributed by atoms with Crippen LogP contribution in [0.4, 0.5) is 0 Å². The molecule has 8 heavy (non-hydrogen) atoms. The molecule has 0 aromatic carbocycles. The lowest BCUT2D eigenvalue weighted by Crippen LogP contribution is -1.93. The van der Waals surface area contributed by atoms with Crippen molar-refractivity contribution in [2.75, 3.05) is 0 Å². The summed E-state index contributed by atoms with van der Waals surface area (Å²) >= 11 is 0. The van der Waals surface area contributed by atoms with Gasteiger partial charge in [0.05, 0.1) is 0 Å². The maximum absolute atomic E-state index is 5.52. The third-order valence-corrected chi connectivity index (χ3v) is 1.10. The summed E-state index contributed by atoms with van der Waals surface area (Å²) < 4.78 is 0. The summed E-state index contributed by atoms with van der Waals surface area (Å²) in [5.41, 5.74) is 6.54. The molecule has 0 saturated carbocycles. The van der Waals surface area contributed by atoms with Gasteiger partial charge in [0.1, 0.15) is 0 Å². The number of unbranched alkanes of at least 4 members (excludes halogenated alkanes) is 1. The first-order valence-electron chi connectivity index (χ1n) is 3.25. The molecule has 0 aromatic heterocycles. The minimum Gasteiger partial charge on any atom is -0.402 e. The SMILES string of the molecule is CCC/C=C(/N)CC. The highest BCUT2D eigenvalue weighted by Gasteiger charge is 1.80. The van der Waals surface area contributed by atoms with Crippen molar-refractivity contribution < 1.29 is 0 Å². The summed E-state index contributed by atoms with van der Waals surface area (Å²) in [7, 11) is 0. The van der Waals surface area contributed by atoms with Gasteiger partial charge in [-0.1, -0.05) is 26.3 Å². The van der Waals surface area contributed by atoms with Crippen LogP contribution in [0.1, 0.15) is 33.1 Å². The largest absolute Gasteiger partial charge is 0.402 e. The molecule has 0 aliphatic carbocycles. The highest BCUT2D eigenvalue weighted by molar-refractivity contribution is 4.94. The predicted octanol–water partition coefficient (Wildman–Crippen LogP) is 2.04. The first-order chi connectivity index (χ1) is 3.81. The Morgan fingerprint density at radius 2 is 2.12 bits per heavy atom. The van der Waals surface area contributed by atoms with Crippen LogP contribution < -0.4 is 5.73 Å². The minimum atomic E-state index is 0.986. The van der Waals surface area contributed by atoms with Gasteiger partial charge in [-0.3, -0.25) is 0 Å². The second-order valence-electron chi connectivity index (χ2n) is 1.92. The van der Waals surface area contributed by atoms with Crippen LogP contribution in [0.25, 0.3) is 0 Å². The van der Waals surface area contributed by atoms with Crippen molar-refractivity contribution in [3.8, 4) is 0 Å². The molecule has 0 amide bonds. The fourth-order valence-corrected chi connectivity index (χ4v) is 0.474. The molecule has 0 aliphatic heterocycles. The predicted molar refractivity (Wildman–Crippen MR) is 37.5 cm³/mol. The first kappa shape index (κ1) is 7.54. The van der Waals surface area contributed by atoms with Crippen molar-refractivity contribution in [3.05, 3.63) is 11.8 Å². The highest BCUT2D eigenvalue weighted by atomic mass is 14.6. The van der Waals surface area contributed by atoms with Gasteiger partial charge in [0.15, 0.2) is 0 Å². The number of allylic oxidation sites excluding steroid dienone is 2. The Kier molecular flexibility index (Phi) is 4.42. The molecular formula is C7H15N. The van der Waals surface area contributed by atoms with Gasteiger partial charge in [0.2, 0.25) is 0 Å². The molecule has 0 saturated heterocycles. The molecule has 0 fully saturated rings. The first-order valence-corrected chi connectivity index (χ1v) is 3.25. The summed E-state index contributed by atoms with van der Waals surface area (Å²) in [5, 5.41) is 0. The van der Waals surface area contributed by atoms with E-state index < -0.39 is 0 Å². The molecule has 0 aromatic rings. The van der Waals surface area contributed by atoms with Gasteiger partial charge in [-0.2, -0.15) is 0 Å². The Hall–Kier alpha value is -0.460. The van der Waals surface area contributed by atoms with E-state index in [9.17, 15) is 0 Å². The smallest absolute Gasteiger partial charge is 0.00371 e. The van der Waals surface area contributed by atoms with Crippen molar-refractivity contribution >= 4 is 0 Å². The Balaban J connectivity index is 3.26.